The van der Waals surface area contributed by atoms with Crippen molar-refractivity contribution in [2.75, 3.05) is 13.2 Å². The lowest BCUT2D eigenvalue weighted by atomic mass is 10.1. The Hall–Kier alpha value is -0.640. The fraction of sp³-hybridized carbons (Fsp3) is 0.692. The molecule has 96 valence electrons. The molecule has 0 aliphatic heterocycles. The van der Waals surface area contributed by atoms with E-state index in [1.54, 1.807) is 0 Å². The largest absolute Gasteiger partial charge is 0.394 e. The first-order chi connectivity index (χ1) is 7.43. The van der Waals surface area contributed by atoms with E-state index in [4.69, 9.17) is 15.3 Å². The molecule has 3 heteroatoms. The second kappa shape index (κ2) is 12.4. The number of allylic oxidation sites excluding steroid dienone is 3. The van der Waals surface area contributed by atoms with Crippen molar-refractivity contribution in [1.29, 1.82) is 0 Å². The Morgan fingerprint density at radius 3 is 1.94 bits per heavy atom. The molecule has 0 bridgehead atoms. The van der Waals surface area contributed by atoms with Crippen molar-refractivity contribution in [2.24, 2.45) is 0 Å². The fourth-order valence-corrected chi connectivity index (χ4v) is 0.846. The smallest absolute Gasteiger partial charge is 0.0742 e. The summed E-state index contributed by atoms with van der Waals surface area (Å²) >= 11 is 0. The van der Waals surface area contributed by atoms with Crippen LogP contribution in [0.2, 0.25) is 0 Å². The van der Waals surface area contributed by atoms with E-state index in [-0.39, 0.29) is 13.2 Å². The zero-order valence-corrected chi connectivity index (χ0v) is 10.9. The van der Waals surface area contributed by atoms with E-state index in [2.05, 4.69) is 26.8 Å². The molecule has 0 fully saturated rings. The zero-order chi connectivity index (χ0) is 13.0. The summed E-state index contributed by atoms with van der Waals surface area (Å²) < 4.78 is 0. The molecule has 0 saturated heterocycles. The number of aliphatic hydroxyl groups is 3. The molecular weight excluding hydrogens is 204 g/mol. The molecule has 0 radical (unpaired) electrons. The fourth-order valence-electron chi connectivity index (χ4n) is 0.846. The van der Waals surface area contributed by atoms with E-state index in [0.29, 0.717) is 0 Å². The van der Waals surface area contributed by atoms with Crippen LogP contribution in [0.1, 0.15) is 40.5 Å². The lowest BCUT2D eigenvalue weighted by Gasteiger charge is -1.96. The molecule has 0 rings (SSSR count). The number of hydrogen-bond donors (Lipinski definition) is 3. The Labute approximate surface area is 99.1 Å². The Kier molecular flexibility index (Phi) is 13.8. The molecule has 1 unspecified atom stereocenters. The minimum absolute atomic E-state index is 0.139. The van der Waals surface area contributed by atoms with E-state index in [0.717, 1.165) is 12.8 Å². The molecule has 0 amide bonds. The van der Waals surface area contributed by atoms with Crippen LogP contribution in [0.5, 0.6) is 0 Å². The van der Waals surface area contributed by atoms with Crippen molar-refractivity contribution in [1.82, 2.24) is 0 Å². The Morgan fingerprint density at radius 1 is 1.12 bits per heavy atom. The summed E-state index contributed by atoms with van der Waals surface area (Å²) in [5.74, 6) is 0. The van der Waals surface area contributed by atoms with E-state index < -0.39 is 6.10 Å². The molecule has 0 aromatic carbocycles. The molecule has 0 aliphatic rings. The predicted octanol–water partition coefficient (Wildman–Crippen LogP) is 2.03. The maximum Gasteiger partial charge on any atom is 0.0742 e. The predicted molar refractivity (Wildman–Crippen MR) is 68.3 cm³/mol. The van der Waals surface area contributed by atoms with Gasteiger partial charge < -0.3 is 15.3 Å². The SMILES string of the molecule is CC(C)=CCC/C(C)=C/CO.CC(O)CO. The van der Waals surface area contributed by atoms with Crippen molar-refractivity contribution in [2.45, 2.75) is 46.6 Å². The van der Waals surface area contributed by atoms with Gasteiger partial charge in [0, 0.05) is 0 Å². The van der Waals surface area contributed by atoms with Gasteiger partial charge in [0.05, 0.1) is 19.3 Å². The summed E-state index contributed by atoms with van der Waals surface area (Å²) in [6, 6.07) is 0. The summed E-state index contributed by atoms with van der Waals surface area (Å²) in [4.78, 5) is 0. The quantitative estimate of drug-likeness (QED) is 0.633. The lowest BCUT2D eigenvalue weighted by molar-refractivity contribution is 0.110. The maximum atomic E-state index is 8.55. The van der Waals surface area contributed by atoms with Gasteiger partial charge in [-0.15, -0.1) is 0 Å². The van der Waals surface area contributed by atoms with Gasteiger partial charge in [-0.3, -0.25) is 0 Å². The molecule has 0 spiro atoms. The molecule has 0 heterocycles. The minimum Gasteiger partial charge on any atom is -0.394 e. The average Bonchev–Trinajstić information content (AvgIpc) is 2.18. The van der Waals surface area contributed by atoms with Gasteiger partial charge >= 0.3 is 0 Å². The summed E-state index contributed by atoms with van der Waals surface area (Å²) in [7, 11) is 0. The van der Waals surface area contributed by atoms with E-state index in [9.17, 15) is 0 Å². The normalized spacial score (nSPS) is 12.6. The molecule has 16 heavy (non-hydrogen) atoms. The topological polar surface area (TPSA) is 60.7 Å². The van der Waals surface area contributed by atoms with Crippen LogP contribution in [0.4, 0.5) is 0 Å². The molecule has 0 aromatic rings. The first-order valence-electron chi connectivity index (χ1n) is 5.62. The standard InChI is InChI=1S/C10H18O.C3H8O2/c1-9(2)5-4-6-10(3)7-8-11;1-3(5)2-4/h5,7,11H,4,6,8H2,1-3H3;3-5H,2H2,1H3/b10-7+;. The van der Waals surface area contributed by atoms with Gasteiger partial charge in [0.2, 0.25) is 0 Å². The van der Waals surface area contributed by atoms with Crippen LogP contribution >= 0.6 is 0 Å². The molecule has 1 atom stereocenters. The zero-order valence-electron chi connectivity index (χ0n) is 10.9. The van der Waals surface area contributed by atoms with Crippen LogP contribution in [0, 0.1) is 0 Å². The molecule has 3 nitrogen and oxygen atoms in total. The van der Waals surface area contributed by atoms with Gasteiger partial charge in [0.1, 0.15) is 0 Å². The molecule has 3 N–H and O–H groups in total. The molecule has 0 saturated carbocycles. The monoisotopic (exact) mass is 230 g/mol. The second-order valence-electron chi connectivity index (χ2n) is 4.08. The molecule has 0 aliphatic carbocycles. The third-order valence-corrected chi connectivity index (χ3v) is 1.80. The Morgan fingerprint density at radius 2 is 1.62 bits per heavy atom. The number of aliphatic hydroxyl groups excluding tert-OH is 3. The van der Waals surface area contributed by atoms with Crippen LogP contribution < -0.4 is 0 Å². The van der Waals surface area contributed by atoms with Crippen molar-refractivity contribution in [3.05, 3.63) is 23.3 Å². The van der Waals surface area contributed by atoms with E-state index >= 15 is 0 Å². The van der Waals surface area contributed by atoms with Crippen molar-refractivity contribution >= 4 is 0 Å². The first-order valence-corrected chi connectivity index (χ1v) is 5.62. The van der Waals surface area contributed by atoms with Crippen LogP contribution in [0.3, 0.4) is 0 Å². The summed E-state index contributed by atoms with van der Waals surface area (Å²) in [5, 5.41) is 24.6. The lowest BCUT2D eigenvalue weighted by Crippen LogP contribution is -2.03. The van der Waals surface area contributed by atoms with Crippen LogP contribution in [0.25, 0.3) is 0 Å². The van der Waals surface area contributed by atoms with Gasteiger partial charge in [-0.1, -0.05) is 23.3 Å². The number of hydrogen-bond acceptors (Lipinski definition) is 3. The highest BCUT2D eigenvalue weighted by atomic mass is 16.3. The second-order valence-corrected chi connectivity index (χ2v) is 4.08. The van der Waals surface area contributed by atoms with Gasteiger partial charge in [0.15, 0.2) is 0 Å². The third-order valence-electron chi connectivity index (χ3n) is 1.80. The van der Waals surface area contributed by atoms with Crippen LogP contribution in [-0.4, -0.2) is 34.6 Å². The highest BCUT2D eigenvalue weighted by molar-refractivity contribution is 5.01. The van der Waals surface area contributed by atoms with Crippen LogP contribution in [-0.2, 0) is 0 Å². The van der Waals surface area contributed by atoms with E-state index in [1.807, 2.05) is 6.08 Å². The summed E-state index contributed by atoms with van der Waals surface area (Å²) in [6.45, 7) is 7.81. The molecular formula is C13H26O3. The highest BCUT2D eigenvalue weighted by Crippen LogP contribution is 2.05. The van der Waals surface area contributed by atoms with Gasteiger partial charge in [-0.2, -0.15) is 0 Å². The third kappa shape index (κ3) is 19.0. The van der Waals surface area contributed by atoms with Gasteiger partial charge in [-0.05, 0) is 40.5 Å². The maximum absolute atomic E-state index is 8.55. The average molecular weight is 230 g/mol. The highest BCUT2D eigenvalue weighted by Gasteiger charge is 1.86. The van der Waals surface area contributed by atoms with E-state index in [1.165, 1.54) is 18.1 Å². The minimum atomic E-state index is -0.560. The van der Waals surface area contributed by atoms with Crippen molar-refractivity contribution < 1.29 is 15.3 Å². The van der Waals surface area contributed by atoms with Gasteiger partial charge in [-0.25, -0.2) is 0 Å². The van der Waals surface area contributed by atoms with Crippen molar-refractivity contribution in [3.8, 4) is 0 Å². The van der Waals surface area contributed by atoms with Gasteiger partial charge in [0.25, 0.3) is 0 Å². The van der Waals surface area contributed by atoms with Crippen molar-refractivity contribution in [3.63, 3.8) is 0 Å². The Bertz CT molecular complexity index is 201. The summed E-state index contributed by atoms with van der Waals surface area (Å²) in [6.07, 6.45) is 5.67. The van der Waals surface area contributed by atoms with Crippen LogP contribution in [0.15, 0.2) is 23.3 Å². The first kappa shape index (κ1) is 17.7. The Balaban J connectivity index is 0. The molecule has 0 aromatic heterocycles. The summed E-state index contributed by atoms with van der Waals surface area (Å²) in [5.41, 5.74) is 2.63. The number of rotatable bonds is 5.